The molecule has 4 nitrogen and oxygen atoms in total. The molecule has 0 aliphatic carbocycles. The highest BCUT2D eigenvalue weighted by atomic mass is 32.2. The lowest BCUT2D eigenvalue weighted by atomic mass is 10.2. The lowest BCUT2D eigenvalue weighted by Gasteiger charge is -2.36. The summed E-state index contributed by atoms with van der Waals surface area (Å²) >= 11 is 1.52. The van der Waals surface area contributed by atoms with Crippen LogP contribution in [0.15, 0.2) is 65.7 Å². The summed E-state index contributed by atoms with van der Waals surface area (Å²) < 4.78 is 0. The SMILES string of the molecule is Cc1cccc(N2CCN(C(=O)CSc3ccc4ccccc4n3)CC2)c1. The van der Waals surface area contributed by atoms with E-state index in [9.17, 15) is 4.79 Å². The summed E-state index contributed by atoms with van der Waals surface area (Å²) in [6.45, 7) is 5.43. The molecule has 1 aliphatic rings. The molecule has 0 atom stereocenters. The number of pyridine rings is 1. The van der Waals surface area contributed by atoms with E-state index in [0.717, 1.165) is 42.1 Å². The van der Waals surface area contributed by atoms with Crippen LogP contribution < -0.4 is 4.90 Å². The standard InChI is InChI=1S/C22H23N3OS/c1-17-5-4-7-19(15-17)24-11-13-25(14-12-24)22(26)16-27-21-10-9-18-6-2-3-8-20(18)23-21/h2-10,15H,11-14,16H2,1H3. The summed E-state index contributed by atoms with van der Waals surface area (Å²) in [7, 11) is 0. The quantitative estimate of drug-likeness (QED) is 0.645. The molecule has 0 spiro atoms. The van der Waals surface area contributed by atoms with Gasteiger partial charge >= 0.3 is 0 Å². The molecule has 0 unspecified atom stereocenters. The van der Waals surface area contributed by atoms with Crippen LogP contribution in [0.25, 0.3) is 10.9 Å². The van der Waals surface area contributed by atoms with Crippen LogP contribution in [0.4, 0.5) is 5.69 Å². The fourth-order valence-corrected chi connectivity index (χ4v) is 4.17. The van der Waals surface area contributed by atoms with Crippen molar-refractivity contribution in [3.63, 3.8) is 0 Å². The third-order valence-corrected chi connectivity index (χ3v) is 5.83. The number of nitrogens with zero attached hydrogens (tertiary/aromatic N) is 3. The number of thioether (sulfide) groups is 1. The van der Waals surface area contributed by atoms with E-state index in [1.807, 2.05) is 29.2 Å². The number of hydrogen-bond donors (Lipinski definition) is 0. The van der Waals surface area contributed by atoms with Gasteiger partial charge in [0.1, 0.15) is 0 Å². The highest BCUT2D eigenvalue weighted by Crippen LogP contribution is 2.21. The number of piperazine rings is 1. The Morgan fingerprint density at radius 2 is 1.81 bits per heavy atom. The molecule has 138 valence electrons. The second-order valence-electron chi connectivity index (χ2n) is 6.84. The van der Waals surface area contributed by atoms with E-state index in [-0.39, 0.29) is 5.91 Å². The topological polar surface area (TPSA) is 36.4 Å². The molecular formula is C22H23N3OS. The highest BCUT2D eigenvalue weighted by Gasteiger charge is 2.21. The van der Waals surface area contributed by atoms with Gasteiger partial charge in [-0.15, -0.1) is 0 Å². The molecule has 5 heteroatoms. The van der Waals surface area contributed by atoms with E-state index >= 15 is 0 Å². The molecule has 0 N–H and O–H groups in total. The minimum absolute atomic E-state index is 0.193. The Hall–Kier alpha value is -2.53. The molecule has 27 heavy (non-hydrogen) atoms. The number of aryl methyl sites for hydroxylation is 1. The van der Waals surface area contributed by atoms with Crippen LogP contribution in [0.3, 0.4) is 0 Å². The number of anilines is 1. The van der Waals surface area contributed by atoms with Crippen LogP contribution in [-0.4, -0.2) is 47.7 Å². The van der Waals surface area contributed by atoms with Gasteiger partial charge in [-0.25, -0.2) is 4.98 Å². The lowest BCUT2D eigenvalue weighted by Crippen LogP contribution is -2.49. The minimum Gasteiger partial charge on any atom is -0.368 e. The van der Waals surface area contributed by atoms with Gasteiger partial charge in [-0.3, -0.25) is 4.79 Å². The monoisotopic (exact) mass is 377 g/mol. The number of fused-ring (bicyclic) bond motifs is 1. The molecular weight excluding hydrogens is 354 g/mol. The first-order valence-electron chi connectivity index (χ1n) is 9.27. The number of carbonyl (C=O) groups excluding carboxylic acids is 1. The van der Waals surface area contributed by atoms with Gasteiger partial charge in [-0.2, -0.15) is 0 Å². The van der Waals surface area contributed by atoms with Gasteiger partial charge < -0.3 is 9.80 Å². The normalized spacial score (nSPS) is 14.6. The van der Waals surface area contributed by atoms with Gasteiger partial charge in [0.2, 0.25) is 5.91 Å². The number of aromatic nitrogens is 1. The molecule has 1 amide bonds. The third-order valence-electron chi connectivity index (χ3n) is 4.92. The van der Waals surface area contributed by atoms with Crippen molar-refractivity contribution in [2.45, 2.75) is 11.9 Å². The largest absolute Gasteiger partial charge is 0.368 e. The van der Waals surface area contributed by atoms with Crippen molar-refractivity contribution >= 4 is 34.3 Å². The van der Waals surface area contributed by atoms with Crippen molar-refractivity contribution in [2.75, 3.05) is 36.8 Å². The highest BCUT2D eigenvalue weighted by molar-refractivity contribution is 7.99. The molecule has 2 heterocycles. The van der Waals surface area contributed by atoms with Crippen LogP contribution >= 0.6 is 11.8 Å². The summed E-state index contributed by atoms with van der Waals surface area (Å²) in [4.78, 5) is 21.6. The predicted octanol–water partition coefficient (Wildman–Crippen LogP) is 3.98. The Morgan fingerprint density at radius 3 is 2.63 bits per heavy atom. The van der Waals surface area contributed by atoms with Crippen LogP contribution in [0.5, 0.6) is 0 Å². The zero-order valence-corrected chi connectivity index (χ0v) is 16.3. The van der Waals surface area contributed by atoms with Crippen molar-refractivity contribution in [3.05, 3.63) is 66.2 Å². The second kappa shape index (κ2) is 8.01. The number of hydrogen-bond acceptors (Lipinski definition) is 4. The summed E-state index contributed by atoms with van der Waals surface area (Å²) in [5, 5.41) is 2.03. The first kappa shape index (κ1) is 17.9. The number of amides is 1. The van der Waals surface area contributed by atoms with E-state index in [2.05, 4.69) is 53.2 Å². The molecule has 1 fully saturated rings. The van der Waals surface area contributed by atoms with Crippen LogP contribution in [0.1, 0.15) is 5.56 Å². The van der Waals surface area contributed by atoms with Gasteiger partial charge in [0.15, 0.2) is 0 Å². The average Bonchev–Trinajstić information content (AvgIpc) is 2.72. The first-order chi connectivity index (χ1) is 13.2. The number of benzene rings is 2. The van der Waals surface area contributed by atoms with Crippen molar-refractivity contribution in [2.24, 2.45) is 0 Å². The molecule has 0 bridgehead atoms. The Morgan fingerprint density at radius 1 is 1.00 bits per heavy atom. The maximum atomic E-state index is 12.6. The molecule has 4 rings (SSSR count). The van der Waals surface area contributed by atoms with Gasteiger partial charge in [0.25, 0.3) is 0 Å². The minimum atomic E-state index is 0.193. The van der Waals surface area contributed by atoms with E-state index < -0.39 is 0 Å². The van der Waals surface area contributed by atoms with Gasteiger partial charge in [-0.05, 0) is 36.8 Å². The van der Waals surface area contributed by atoms with Crippen molar-refractivity contribution in [1.82, 2.24) is 9.88 Å². The number of para-hydroxylation sites is 1. The molecule has 3 aromatic rings. The maximum absolute atomic E-state index is 12.6. The van der Waals surface area contributed by atoms with Crippen LogP contribution in [0, 0.1) is 6.92 Å². The van der Waals surface area contributed by atoms with Gasteiger partial charge in [0, 0.05) is 37.3 Å². The number of rotatable bonds is 4. The molecule has 1 saturated heterocycles. The van der Waals surface area contributed by atoms with Gasteiger partial charge in [0.05, 0.1) is 16.3 Å². The molecule has 0 radical (unpaired) electrons. The van der Waals surface area contributed by atoms with Crippen molar-refractivity contribution in [3.8, 4) is 0 Å². The molecule has 2 aromatic carbocycles. The fourth-order valence-electron chi connectivity index (χ4n) is 3.39. The third kappa shape index (κ3) is 4.25. The summed E-state index contributed by atoms with van der Waals surface area (Å²) in [5.74, 6) is 0.634. The van der Waals surface area contributed by atoms with E-state index in [1.165, 1.54) is 23.0 Å². The first-order valence-corrected chi connectivity index (χ1v) is 10.3. The van der Waals surface area contributed by atoms with Gasteiger partial charge in [-0.1, -0.05) is 48.2 Å². The summed E-state index contributed by atoms with van der Waals surface area (Å²) in [5.41, 5.74) is 3.49. The number of carbonyl (C=O) groups is 1. The van der Waals surface area contributed by atoms with E-state index in [4.69, 9.17) is 0 Å². The zero-order valence-electron chi connectivity index (χ0n) is 15.5. The van der Waals surface area contributed by atoms with E-state index in [1.54, 1.807) is 0 Å². The summed E-state index contributed by atoms with van der Waals surface area (Å²) in [6.07, 6.45) is 0. The second-order valence-corrected chi connectivity index (χ2v) is 7.83. The van der Waals surface area contributed by atoms with Crippen molar-refractivity contribution in [1.29, 1.82) is 0 Å². The smallest absolute Gasteiger partial charge is 0.233 e. The fraction of sp³-hybridized carbons (Fsp3) is 0.273. The Balaban J connectivity index is 1.31. The Kier molecular flexibility index (Phi) is 5.30. The average molecular weight is 378 g/mol. The van der Waals surface area contributed by atoms with E-state index in [0.29, 0.717) is 5.75 Å². The maximum Gasteiger partial charge on any atom is 0.233 e. The Labute approximate surface area is 164 Å². The molecule has 1 aromatic heterocycles. The van der Waals surface area contributed by atoms with Crippen molar-refractivity contribution < 1.29 is 4.79 Å². The van der Waals surface area contributed by atoms with Crippen LogP contribution in [-0.2, 0) is 4.79 Å². The lowest BCUT2D eigenvalue weighted by molar-refractivity contribution is -0.128. The predicted molar refractivity (Wildman–Crippen MR) is 112 cm³/mol. The summed E-state index contributed by atoms with van der Waals surface area (Å²) in [6, 6.07) is 20.7. The zero-order chi connectivity index (χ0) is 18.6. The van der Waals surface area contributed by atoms with Crippen LogP contribution in [0.2, 0.25) is 0 Å². The molecule has 0 saturated carbocycles. The molecule has 1 aliphatic heterocycles. The Bertz CT molecular complexity index is 951.